The number of hydrogen-bond acceptors (Lipinski definition) is 3. The molecule has 0 fully saturated rings. The van der Waals surface area contributed by atoms with Gasteiger partial charge in [0.25, 0.3) is 0 Å². The molecule has 0 amide bonds. The molecule has 0 atom stereocenters. The molecular formula is C11H11NO2. The fraction of sp³-hybridized carbons (Fsp3) is 0.273. The summed E-state index contributed by atoms with van der Waals surface area (Å²) < 4.78 is 0. The van der Waals surface area contributed by atoms with E-state index in [2.05, 4.69) is 16.8 Å². The van der Waals surface area contributed by atoms with Gasteiger partial charge in [0.15, 0.2) is 6.29 Å². The van der Waals surface area contributed by atoms with Gasteiger partial charge in [0, 0.05) is 11.8 Å². The lowest BCUT2D eigenvalue weighted by molar-refractivity contribution is 0.112. The van der Waals surface area contributed by atoms with Crippen LogP contribution in [0.3, 0.4) is 0 Å². The summed E-state index contributed by atoms with van der Waals surface area (Å²) in [6, 6.07) is 3.27. The van der Waals surface area contributed by atoms with Crippen LogP contribution < -0.4 is 0 Å². The summed E-state index contributed by atoms with van der Waals surface area (Å²) in [4.78, 5) is 14.3. The highest BCUT2D eigenvalue weighted by Crippen LogP contribution is 1.99. The SMILES string of the molecule is CC(C)(O)C#Cc1ccc(C=O)cn1. The van der Waals surface area contributed by atoms with Crippen LogP contribution in [0, 0.1) is 11.8 Å². The lowest BCUT2D eigenvalue weighted by Gasteiger charge is -2.05. The minimum atomic E-state index is -1.02. The molecule has 0 spiro atoms. The summed E-state index contributed by atoms with van der Waals surface area (Å²) >= 11 is 0. The van der Waals surface area contributed by atoms with Crippen molar-refractivity contribution in [2.75, 3.05) is 0 Å². The number of carbonyl (C=O) groups excluding carboxylic acids is 1. The Labute approximate surface area is 82.8 Å². The molecule has 0 aliphatic carbocycles. The van der Waals surface area contributed by atoms with Crippen LogP contribution in [0.4, 0.5) is 0 Å². The number of aromatic nitrogens is 1. The van der Waals surface area contributed by atoms with Crippen LogP contribution in [0.25, 0.3) is 0 Å². The molecule has 1 aromatic rings. The molecule has 72 valence electrons. The first-order valence-electron chi connectivity index (χ1n) is 4.18. The lowest BCUT2D eigenvalue weighted by Crippen LogP contribution is -2.14. The molecule has 3 heteroatoms. The normalized spacial score (nSPS) is 10.2. The number of rotatable bonds is 1. The van der Waals surface area contributed by atoms with Gasteiger partial charge in [0.2, 0.25) is 0 Å². The van der Waals surface area contributed by atoms with Crippen molar-refractivity contribution in [3.8, 4) is 11.8 Å². The van der Waals surface area contributed by atoms with Crippen molar-refractivity contribution in [2.45, 2.75) is 19.4 Å². The quantitative estimate of drug-likeness (QED) is 0.530. The number of carbonyl (C=O) groups is 1. The predicted octanol–water partition coefficient (Wildman–Crippen LogP) is 1.02. The smallest absolute Gasteiger partial charge is 0.151 e. The Bertz CT molecular complexity index is 376. The molecule has 0 aliphatic heterocycles. The van der Waals surface area contributed by atoms with Crippen molar-refractivity contribution >= 4 is 6.29 Å². The molecule has 1 rings (SSSR count). The van der Waals surface area contributed by atoms with Crippen molar-refractivity contribution in [3.05, 3.63) is 29.6 Å². The second-order valence-electron chi connectivity index (χ2n) is 3.40. The van der Waals surface area contributed by atoms with Gasteiger partial charge in [-0.15, -0.1) is 0 Å². The number of pyridine rings is 1. The van der Waals surface area contributed by atoms with Crippen LogP contribution in [0.2, 0.25) is 0 Å². The van der Waals surface area contributed by atoms with Gasteiger partial charge >= 0.3 is 0 Å². The zero-order valence-electron chi connectivity index (χ0n) is 8.11. The molecule has 1 heterocycles. The molecule has 0 radical (unpaired) electrons. The second-order valence-corrected chi connectivity index (χ2v) is 3.40. The van der Waals surface area contributed by atoms with E-state index in [1.54, 1.807) is 26.0 Å². The molecule has 0 saturated carbocycles. The first-order valence-corrected chi connectivity index (χ1v) is 4.18. The summed E-state index contributed by atoms with van der Waals surface area (Å²) in [5.74, 6) is 5.34. The van der Waals surface area contributed by atoms with Crippen molar-refractivity contribution in [3.63, 3.8) is 0 Å². The third-order valence-corrected chi connectivity index (χ3v) is 1.42. The minimum Gasteiger partial charge on any atom is -0.378 e. The molecule has 0 bridgehead atoms. The van der Waals surface area contributed by atoms with Crippen LogP contribution in [-0.4, -0.2) is 22.0 Å². The van der Waals surface area contributed by atoms with E-state index in [4.69, 9.17) is 0 Å². The van der Waals surface area contributed by atoms with E-state index in [9.17, 15) is 9.90 Å². The predicted molar refractivity (Wildman–Crippen MR) is 52.8 cm³/mol. The van der Waals surface area contributed by atoms with Crippen LogP contribution in [-0.2, 0) is 0 Å². The Hall–Kier alpha value is -1.66. The van der Waals surface area contributed by atoms with Crippen LogP contribution in [0.1, 0.15) is 29.9 Å². The Morgan fingerprint density at radius 3 is 2.64 bits per heavy atom. The highest BCUT2D eigenvalue weighted by Gasteiger charge is 2.05. The summed E-state index contributed by atoms with van der Waals surface area (Å²) in [5.41, 5.74) is 0.0295. The second kappa shape index (κ2) is 4.03. The third-order valence-electron chi connectivity index (χ3n) is 1.42. The van der Waals surface area contributed by atoms with Gasteiger partial charge in [0.05, 0.1) is 0 Å². The van der Waals surface area contributed by atoms with E-state index in [0.29, 0.717) is 11.3 Å². The monoisotopic (exact) mass is 189 g/mol. The van der Waals surface area contributed by atoms with E-state index < -0.39 is 5.60 Å². The molecule has 0 aliphatic rings. The van der Waals surface area contributed by atoms with Crippen molar-refractivity contribution < 1.29 is 9.90 Å². The highest BCUT2D eigenvalue weighted by atomic mass is 16.3. The maximum absolute atomic E-state index is 10.3. The standard InChI is InChI=1S/C11H11NO2/c1-11(2,14)6-5-10-4-3-9(8-13)7-12-10/h3-4,7-8,14H,1-2H3. The van der Waals surface area contributed by atoms with Gasteiger partial charge in [-0.25, -0.2) is 4.98 Å². The minimum absolute atomic E-state index is 0.513. The Morgan fingerprint density at radius 2 is 2.21 bits per heavy atom. The van der Waals surface area contributed by atoms with Crippen molar-refractivity contribution in [2.24, 2.45) is 0 Å². The number of aldehydes is 1. The molecular weight excluding hydrogens is 178 g/mol. The molecule has 1 N–H and O–H groups in total. The number of aliphatic hydroxyl groups is 1. The van der Waals surface area contributed by atoms with Gasteiger partial charge in [-0.2, -0.15) is 0 Å². The average molecular weight is 189 g/mol. The molecule has 1 aromatic heterocycles. The summed E-state index contributed by atoms with van der Waals surface area (Å²) in [6.45, 7) is 3.19. The highest BCUT2D eigenvalue weighted by molar-refractivity contribution is 5.74. The molecule has 0 unspecified atom stereocenters. The Balaban J connectivity index is 2.87. The van der Waals surface area contributed by atoms with Crippen molar-refractivity contribution in [1.82, 2.24) is 4.98 Å². The number of hydrogen-bond donors (Lipinski definition) is 1. The lowest BCUT2D eigenvalue weighted by atomic mass is 10.1. The van der Waals surface area contributed by atoms with E-state index in [1.807, 2.05) is 0 Å². The van der Waals surface area contributed by atoms with Gasteiger partial charge in [0.1, 0.15) is 11.3 Å². The molecule has 0 aromatic carbocycles. The maximum atomic E-state index is 10.3. The van der Waals surface area contributed by atoms with Crippen molar-refractivity contribution in [1.29, 1.82) is 0 Å². The van der Waals surface area contributed by atoms with E-state index >= 15 is 0 Å². The molecule has 3 nitrogen and oxygen atoms in total. The number of nitrogens with zero attached hydrogens (tertiary/aromatic N) is 1. The molecule has 14 heavy (non-hydrogen) atoms. The van der Waals surface area contributed by atoms with E-state index in [1.165, 1.54) is 6.20 Å². The van der Waals surface area contributed by atoms with Crippen LogP contribution >= 0.6 is 0 Å². The largest absolute Gasteiger partial charge is 0.378 e. The average Bonchev–Trinajstić information content (AvgIpc) is 2.14. The zero-order valence-corrected chi connectivity index (χ0v) is 8.11. The summed E-state index contributed by atoms with van der Waals surface area (Å²) in [7, 11) is 0. The fourth-order valence-corrected chi connectivity index (χ4v) is 0.766. The molecule has 0 saturated heterocycles. The van der Waals surface area contributed by atoms with Gasteiger partial charge in [-0.05, 0) is 31.9 Å². The first-order chi connectivity index (χ1) is 6.51. The third kappa shape index (κ3) is 3.38. The fourth-order valence-electron chi connectivity index (χ4n) is 0.766. The Morgan fingerprint density at radius 1 is 1.50 bits per heavy atom. The van der Waals surface area contributed by atoms with Crippen LogP contribution in [0.5, 0.6) is 0 Å². The van der Waals surface area contributed by atoms with E-state index in [-0.39, 0.29) is 0 Å². The first kappa shape index (κ1) is 10.4. The Kier molecular flexibility index (Phi) is 3.00. The van der Waals surface area contributed by atoms with Gasteiger partial charge in [-0.3, -0.25) is 4.79 Å². The van der Waals surface area contributed by atoms with E-state index in [0.717, 1.165) is 6.29 Å². The van der Waals surface area contributed by atoms with Gasteiger partial charge in [-0.1, -0.05) is 5.92 Å². The van der Waals surface area contributed by atoms with Gasteiger partial charge < -0.3 is 5.11 Å². The topological polar surface area (TPSA) is 50.2 Å². The summed E-state index contributed by atoms with van der Waals surface area (Å²) in [5, 5.41) is 9.32. The van der Waals surface area contributed by atoms with Crippen LogP contribution in [0.15, 0.2) is 18.3 Å². The maximum Gasteiger partial charge on any atom is 0.151 e. The summed E-state index contributed by atoms with van der Waals surface area (Å²) in [6.07, 6.45) is 2.17. The zero-order chi connectivity index (χ0) is 10.6.